The summed E-state index contributed by atoms with van der Waals surface area (Å²) in [6.07, 6.45) is -1.82. The van der Waals surface area contributed by atoms with Crippen LogP contribution in [0.5, 0.6) is 5.75 Å². The van der Waals surface area contributed by atoms with Gasteiger partial charge in [-0.2, -0.15) is 15.4 Å². The molecule has 17 heteroatoms. The van der Waals surface area contributed by atoms with Crippen LogP contribution in [0.15, 0.2) is 48.8 Å². The van der Waals surface area contributed by atoms with E-state index in [1.807, 2.05) is 6.92 Å². The van der Waals surface area contributed by atoms with E-state index in [9.17, 15) is 24.2 Å². The molecule has 1 aliphatic heterocycles. The fourth-order valence-electron chi connectivity index (χ4n) is 5.16. The minimum Gasteiger partial charge on any atom is -0.465 e. The van der Waals surface area contributed by atoms with Crippen molar-refractivity contribution in [2.24, 2.45) is 5.41 Å². The van der Waals surface area contributed by atoms with Gasteiger partial charge in [-0.3, -0.25) is 18.9 Å². The molecule has 3 N–H and O–H groups in total. The predicted molar refractivity (Wildman–Crippen MR) is 183 cm³/mol. The summed E-state index contributed by atoms with van der Waals surface area (Å²) >= 11 is 0. The Morgan fingerprint density at radius 3 is 2.45 bits per heavy atom. The first-order valence-electron chi connectivity index (χ1n) is 16.7. The zero-order chi connectivity index (χ0) is 37.4. The summed E-state index contributed by atoms with van der Waals surface area (Å²) in [5.74, 6) is -1.85. The van der Waals surface area contributed by atoms with E-state index in [4.69, 9.17) is 33.7 Å². The van der Waals surface area contributed by atoms with Gasteiger partial charge in [0.25, 0.3) is 0 Å². The monoisotopic (exact) mass is 728 g/mol. The third-order valence-corrected chi connectivity index (χ3v) is 10.2. The largest absolute Gasteiger partial charge is 0.465 e. The first kappa shape index (κ1) is 39.2. The van der Waals surface area contributed by atoms with Crippen molar-refractivity contribution in [1.29, 1.82) is 5.26 Å². The molecule has 0 aliphatic carbocycles. The van der Waals surface area contributed by atoms with Gasteiger partial charge in [-0.15, -0.1) is 0 Å². The first-order valence-corrected chi connectivity index (χ1v) is 18.3. The van der Waals surface area contributed by atoms with Gasteiger partial charge in [0.2, 0.25) is 5.60 Å². The number of hydrogen-bond acceptors (Lipinski definition) is 14. The summed E-state index contributed by atoms with van der Waals surface area (Å²) in [7, 11) is -4.46. The number of esters is 3. The molecule has 2 aromatic heterocycles. The zero-order valence-corrected chi connectivity index (χ0v) is 30.5. The van der Waals surface area contributed by atoms with Gasteiger partial charge in [0.05, 0.1) is 18.9 Å². The molecular formula is C34H45N6O10P. The van der Waals surface area contributed by atoms with Crippen molar-refractivity contribution in [2.45, 2.75) is 97.2 Å². The summed E-state index contributed by atoms with van der Waals surface area (Å²) in [6.45, 7) is 10.2. The number of anilines is 1. The lowest BCUT2D eigenvalue weighted by molar-refractivity contribution is -0.169. The summed E-state index contributed by atoms with van der Waals surface area (Å²) in [5.41, 5.74) is 4.29. The van der Waals surface area contributed by atoms with E-state index in [0.29, 0.717) is 11.9 Å². The van der Waals surface area contributed by atoms with Gasteiger partial charge in [0.15, 0.2) is 18.0 Å². The number of nitrogens with zero attached hydrogens (tertiary/aromatic N) is 4. The van der Waals surface area contributed by atoms with Crippen LogP contribution in [-0.4, -0.2) is 70.1 Å². The first-order chi connectivity index (χ1) is 24.2. The molecule has 0 bridgehead atoms. The van der Waals surface area contributed by atoms with Gasteiger partial charge in [-0.1, -0.05) is 59.2 Å². The fraction of sp³-hybridized carbons (Fsp3) is 0.529. The topological polar surface area (TPSA) is 216 Å². The molecule has 1 fully saturated rings. The van der Waals surface area contributed by atoms with Crippen molar-refractivity contribution in [3.63, 3.8) is 0 Å². The number of ether oxygens (including phenoxy) is 4. The number of fused-ring (bicyclic) bond motifs is 1. The van der Waals surface area contributed by atoms with Gasteiger partial charge >= 0.3 is 25.7 Å². The maximum atomic E-state index is 14.4. The summed E-state index contributed by atoms with van der Waals surface area (Å²) < 4.78 is 50.7. The highest BCUT2D eigenvalue weighted by molar-refractivity contribution is 7.52. The van der Waals surface area contributed by atoms with Crippen LogP contribution < -0.4 is 15.3 Å². The van der Waals surface area contributed by atoms with Crippen molar-refractivity contribution >= 4 is 37.0 Å². The van der Waals surface area contributed by atoms with Gasteiger partial charge in [0, 0.05) is 12.8 Å². The van der Waals surface area contributed by atoms with E-state index in [1.165, 1.54) is 36.0 Å². The quantitative estimate of drug-likeness (QED) is 0.110. The van der Waals surface area contributed by atoms with Crippen molar-refractivity contribution < 1.29 is 46.9 Å². The number of hydrogen-bond donors (Lipinski definition) is 2. The third kappa shape index (κ3) is 9.22. The normalized spacial score (nSPS) is 22.0. The number of aromatic nitrogens is 3. The van der Waals surface area contributed by atoms with Gasteiger partial charge < -0.3 is 29.2 Å². The average molecular weight is 729 g/mol. The number of nitrogen functional groups attached to an aromatic ring is 1. The predicted octanol–water partition coefficient (Wildman–Crippen LogP) is 4.62. The second kappa shape index (κ2) is 16.6. The smallest absolute Gasteiger partial charge is 0.459 e. The minimum atomic E-state index is -4.46. The number of nitriles is 1. The summed E-state index contributed by atoms with van der Waals surface area (Å²) in [5, 5.41) is 17.6. The van der Waals surface area contributed by atoms with Crippen molar-refractivity contribution in [1.82, 2.24) is 19.7 Å². The maximum absolute atomic E-state index is 14.4. The molecule has 1 unspecified atom stereocenters. The molecule has 51 heavy (non-hydrogen) atoms. The van der Waals surface area contributed by atoms with Crippen LogP contribution in [0.25, 0.3) is 5.52 Å². The van der Waals surface area contributed by atoms with Crippen LogP contribution in [0.2, 0.25) is 0 Å². The Morgan fingerprint density at radius 1 is 1.12 bits per heavy atom. The Morgan fingerprint density at radius 2 is 1.80 bits per heavy atom. The van der Waals surface area contributed by atoms with E-state index >= 15 is 0 Å². The molecule has 3 aromatic rings. The van der Waals surface area contributed by atoms with Crippen molar-refractivity contribution in [3.8, 4) is 11.8 Å². The highest BCUT2D eigenvalue weighted by atomic mass is 31.2. The van der Waals surface area contributed by atoms with Gasteiger partial charge in [-0.05, 0) is 43.0 Å². The molecule has 0 radical (unpaired) electrons. The molecule has 0 amide bonds. The number of rotatable bonds is 17. The highest BCUT2D eigenvalue weighted by Crippen LogP contribution is 2.48. The maximum Gasteiger partial charge on any atom is 0.459 e. The molecule has 0 saturated carbocycles. The molecule has 6 atom stereocenters. The lowest BCUT2D eigenvalue weighted by Gasteiger charge is -2.28. The Kier molecular flexibility index (Phi) is 12.8. The Bertz CT molecular complexity index is 1780. The van der Waals surface area contributed by atoms with Crippen molar-refractivity contribution in [3.05, 3.63) is 54.5 Å². The average Bonchev–Trinajstić information content (AvgIpc) is 3.68. The fourth-order valence-corrected chi connectivity index (χ4v) is 6.67. The SMILES string of the molecule is CCC(=O)O[C@H]1[C@@H](OC(=O)CC)[C@](C#N)(c2ccc3c(N)ncnn23)O[C@@H]1COP(=O)(N[C@@H](C)C(=O)OCCC(C)(C)CC)Oc1ccccc1. The number of nitrogens with two attached hydrogens (primary N) is 1. The van der Waals surface area contributed by atoms with Crippen LogP contribution in [0.4, 0.5) is 5.82 Å². The Labute approximate surface area is 296 Å². The molecule has 16 nitrogen and oxygen atoms in total. The Hall–Kier alpha value is -4.55. The summed E-state index contributed by atoms with van der Waals surface area (Å²) in [6, 6.07) is 12.1. The van der Waals surface area contributed by atoms with Crippen LogP contribution in [0.3, 0.4) is 0 Å². The number of benzene rings is 1. The molecule has 1 saturated heterocycles. The van der Waals surface area contributed by atoms with Crippen LogP contribution in [-0.2, 0) is 48.0 Å². The van der Waals surface area contributed by atoms with Crippen molar-refractivity contribution in [2.75, 3.05) is 18.9 Å². The number of carbonyl (C=O) groups excluding carboxylic acids is 3. The van der Waals surface area contributed by atoms with Crippen LogP contribution in [0.1, 0.15) is 72.9 Å². The molecule has 1 aliphatic rings. The lowest BCUT2D eigenvalue weighted by Crippen LogP contribution is -2.46. The zero-order valence-electron chi connectivity index (χ0n) is 29.6. The van der Waals surface area contributed by atoms with E-state index in [0.717, 1.165) is 6.42 Å². The lowest BCUT2D eigenvalue weighted by atomic mass is 9.87. The molecular weight excluding hydrogens is 683 g/mol. The van der Waals surface area contributed by atoms with E-state index in [2.05, 4.69) is 35.1 Å². The molecule has 3 heterocycles. The third-order valence-electron chi connectivity index (χ3n) is 8.60. The van der Waals surface area contributed by atoms with E-state index in [-0.39, 0.29) is 42.1 Å². The van der Waals surface area contributed by atoms with E-state index < -0.39 is 62.2 Å². The minimum absolute atomic E-state index is 0.0422. The highest BCUT2D eigenvalue weighted by Gasteiger charge is 2.62. The molecule has 276 valence electrons. The second-order valence-electron chi connectivity index (χ2n) is 12.7. The number of para-hydroxylation sites is 1. The van der Waals surface area contributed by atoms with Gasteiger partial charge in [0.1, 0.15) is 35.8 Å². The van der Waals surface area contributed by atoms with E-state index in [1.54, 1.807) is 38.1 Å². The van der Waals surface area contributed by atoms with Crippen LogP contribution in [0, 0.1) is 16.7 Å². The number of carbonyl (C=O) groups is 3. The molecule has 4 rings (SSSR count). The Balaban J connectivity index is 1.69. The van der Waals surface area contributed by atoms with Gasteiger partial charge in [-0.25, -0.2) is 14.1 Å². The second-order valence-corrected chi connectivity index (χ2v) is 14.4. The standard InChI is InChI=1S/C34H45N6O10P/c1-7-27(41)47-29-25(49-34(20-35,30(29)48-28(42)8-2)26-16-15-24-31(36)37-21-38-40(24)26)19-46-51(44,50-23-13-11-10-12-14-23)39-22(4)32(43)45-18-17-33(5,6)9-3/h10-16,21-22,25,29-30H,7-9,17-19H2,1-6H3,(H,39,44)(H2,36,37,38)/t22-,25+,29+,30+,34-,51?/m0/s1. The summed E-state index contributed by atoms with van der Waals surface area (Å²) in [4.78, 5) is 42.5. The molecule has 0 spiro atoms. The van der Waals surface area contributed by atoms with Crippen LogP contribution >= 0.6 is 7.75 Å². The number of nitrogens with one attached hydrogen (secondary N) is 1. The molecule has 1 aromatic carbocycles.